The summed E-state index contributed by atoms with van der Waals surface area (Å²) in [4.78, 5) is 24.5. The van der Waals surface area contributed by atoms with Gasteiger partial charge in [0.05, 0.1) is 4.92 Å². The third kappa shape index (κ3) is 4.08. The second-order valence-electron chi connectivity index (χ2n) is 4.72. The molecule has 0 aliphatic heterocycles. The number of pyridine rings is 1. The lowest BCUT2D eigenvalue weighted by Crippen LogP contribution is -2.23. The number of nitrogens with zero attached hydrogens (tertiary/aromatic N) is 1. The molecule has 0 saturated heterocycles. The molecule has 0 unspecified atom stereocenters. The Bertz CT molecular complexity index is 490. The van der Waals surface area contributed by atoms with Crippen LogP contribution in [-0.2, 0) is 0 Å². The van der Waals surface area contributed by atoms with Gasteiger partial charge in [-0.15, -0.1) is 0 Å². The van der Waals surface area contributed by atoms with Crippen LogP contribution in [0.5, 0.6) is 0 Å². The van der Waals surface area contributed by atoms with Crippen LogP contribution in [0.1, 0.15) is 45.2 Å². The number of aryl methyl sites for hydroxylation is 1. The van der Waals surface area contributed by atoms with Crippen molar-refractivity contribution < 1.29 is 4.92 Å². The molecule has 0 amide bonds. The van der Waals surface area contributed by atoms with E-state index in [9.17, 15) is 14.9 Å². The fourth-order valence-electron chi connectivity index (χ4n) is 2.18. The minimum absolute atomic E-state index is 0.162. The van der Waals surface area contributed by atoms with Gasteiger partial charge in [-0.3, -0.25) is 14.9 Å². The number of aromatic amines is 1. The molecule has 2 N–H and O–H groups in total. The van der Waals surface area contributed by atoms with E-state index in [1.165, 1.54) is 0 Å². The first-order valence-corrected chi connectivity index (χ1v) is 6.64. The number of H-pyrrole nitrogens is 1. The largest absolute Gasteiger partial charge is 0.377 e. The normalized spacial score (nSPS) is 10.7. The van der Waals surface area contributed by atoms with Gasteiger partial charge in [0.25, 0.3) is 0 Å². The molecule has 0 aliphatic carbocycles. The summed E-state index contributed by atoms with van der Waals surface area (Å²) in [6.45, 7) is 5.86. The number of rotatable bonds is 7. The molecule has 19 heavy (non-hydrogen) atoms. The molecule has 0 atom stereocenters. The Kier molecular flexibility index (Phi) is 5.54. The van der Waals surface area contributed by atoms with Crippen LogP contribution in [0.25, 0.3) is 0 Å². The molecule has 0 aromatic carbocycles. The molecule has 1 heterocycles. The molecular formula is C13H21N3O3. The third-order valence-electron chi connectivity index (χ3n) is 2.96. The lowest BCUT2D eigenvalue weighted by Gasteiger charge is -2.18. The number of aromatic nitrogens is 1. The van der Waals surface area contributed by atoms with E-state index in [0.717, 1.165) is 25.7 Å². The minimum Gasteiger partial charge on any atom is -0.377 e. The van der Waals surface area contributed by atoms with Gasteiger partial charge in [-0.25, -0.2) is 0 Å². The zero-order chi connectivity index (χ0) is 14.4. The van der Waals surface area contributed by atoms with E-state index in [0.29, 0.717) is 11.4 Å². The first-order valence-electron chi connectivity index (χ1n) is 6.64. The zero-order valence-corrected chi connectivity index (χ0v) is 11.7. The summed E-state index contributed by atoms with van der Waals surface area (Å²) in [6.07, 6.45) is 3.84. The fourth-order valence-corrected chi connectivity index (χ4v) is 2.18. The van der Waals surface area contributed by atoms with Crippen molar-refractivity contribution >= 4 is 11.4 Å². The van der Waals surface area contributed by atoms with E-state index in [1.54, 1.807) is 13.0 Å². The van der Waals surface area contributed by atoms with Crippen LogP contribution >= 0.6 is 0 Å². The summed E-state index contributed by atoms with van der Waals surface area (Å²) in [5.74, 6) is 0. The average Bonchev–Trinajstić information content (AvgIpc) is 2.27. The van der Waals surface area contributed by atoms with Crippen LogP contribution in [-0.4, -0.2) is 15.9 Å². The highest BCUT2D eigenvalue weighted by Gasteiger charge is 2.21. The highest BCUT2D eigenvalue weighted by Crippen LogP contribution is 2.22. The van der Waals surface area contributed by atoms with Crippen LogP contribution in [0.3, 0.4) is 0 Å². The van der Waals surface area contributed by atoms with E-state index in [2.05, 4.69) is 24.1 Å². The Morgan fingerprint density at radius 1 is 1.37 bits per heavy atom. The lowest BCUT2D eigenvalue weighted by atomic mass is 10.1. The van der Waals surface area contributed by atoms with Crippen molar-refractivity contribution in [3.63, 3.8) is 0 Å². The highest BCUT2D eigenvalue weighted by atomic mass is 16.6. The molecule has 0 saturated carbocycles. The van der Waals surface area contributed by atoms with E-state index in [-0.39, 0.29) is 6.04 Å². The first kappa shape index (κ1) is 15.2. The smallest absolute Gasteiger partial charge is 0.356 e. The van der Waals surface area contributed by atoms with Crippen molar-refractivity contribution in [2.75, 3.05) is 5.32 Å². The highest BCUT2D eigenvalue weighted by molar-refractivity contribution is 5.61. The molecule has 0 fully saturated rings. The third-order valence-corrected chi connectivity index (χ3v) is 2.96. The Morgan fingerprint density at radius 2 is 1.95 bits per heavy atom. The van der Waals surface area contributed by atoms with Gasteiger partial charge in [0.1, 0.15) is 5.69 Å². The van der Waals surface area contributed by atoms with Gasteiger partial charge in [-0.2, -0.15) is 0 Å². The van der Waals surface area contributed by atoms with Gasteiger partial charge in [-0.05, 0) is 25.8 Å². The monoisotopic (exact) mass is 267 g/mol. The molecule has 0 bridgehead atoms. The second-order valence-corrected chi connectivity index (χ2v) is 4.72. The first-order chi connectivity index (χ1) is 8.99. The summed E-state index contributed by atoms with van der Waals surface area (Å²) in [7, 11) is 0. The molecule has 1 rings (SSSR count). The van der Waals surface area contributed by atoms with Crippen molar-refractivity contribution in [3.05, 3.63) is 32.2 Å². The molecule has 0 spiro atoms. The molecule has 6 heteroatoms. The number of nitrogens with one attached hydrogen (secondary N) is 2. The van der Waals surface area contributed by atoms with Crippen LogP contribution in [0.2, 0.25) is 0 Å². The van der Waals surface area contributed by atoms with E-state index < -0.39 is 16.2 Å². The van der Waals surface area contributed by atoms with Crippen LogP contribution < -0.4 is 10.9 Å². The Labute approximate surface area is 112 Å². The lowest BCUT2D eigenvalue weighted by molar-refractivity contribution is -0.385. The van der Waals surface area contributed by atoms with Crippen LogP contribution in [0, 0.1) is 17.0 Å². The van der Waals surface area contributed by atoms with Crippen molar-refractivity contribution in [3.8, 4) is 0 Å². The van der Waals surface area contributed by atoms with Gasteiger partial charge in [0.2, 0.25) is 0 Å². The number of hydrogen-bond donors (Lipinski definition) is 2. The summed E-state index contributed by atoms with van der Waals surface area (Å²) < 4.78 is 0. The van der Waals surface area contributed by atoms with Gasteiger partial charge < -0.3 is 10.3 Å². The average molecular weight is 267 g/mol. The molecule has 0 aliphatic rings. The van der Waals surface area contributed by atoms with Crippen LogP contribution in [0.4, 0.5) is 11.4 Å². The molecule has 6 nitrogen and oxygen atoms in total. The summed E-state index contributed by atoms with van der Waals surface area (Å²) >= 11 is 0. The molecule has 0 radical (unpaired) electrons. The number of anilines is 1. The van der Waals surface area contributed by atoms with E-state index >= 15 is 0 Å². The summed E-state index contributed by atoms with van der Waals surface area (Å²) in [6, 6.07) is 1.78. The number of nitro groups is 1. The van der Waals surface area contributed by atoms with Gasteiger partial charge in [-0.1, -0.05) is 26.7 Å². The quantitative estimate of drug-likeness (QED) is 0.587. The maximum atomic E-state index is 11.7. The molecule has 1 aromatic heterocycles. The van der Waals surface area contributed by atoms with E-state index in [4.69, 9.17) is 0 Å². The predicted molar refractivity (Wildman–Crippen MR) is 75.7 cm³/mol. The van der Waals surface area contributed by atoms with Gasteiger partial charge in [0, 0.05) is 11.7 Å². The maximum Gasteiger partial charge on any atom is 0.356 e. The Balaban J connectivity index is 3.10. The number of hydrogen-bond acceptors (Lipinski definition) is 4. The second kappa shape index (κ2) is 6.92. The summed E-state index contributed by atoms with van der Waals surface area (Å²) in [5, 5.41) is 14.1. The molecular weight excluding hydrogens is 246 g/mol. The van der Waals surface area contributed by atoms with Crippen molar-refractivity contribution in [1.82, 2.24) is 4.98 Å². The minimum atomic E-state index is -0.653. The topological polar surface area (TPSA) is 88.0 Å². The predicted octanol–water partition coefficient (Wildman–Crippen LogP) is 2.97. The maximum absolute atomic E-state index is 11.7. The Hall–Kier alpha value is -1.85. The van der Waals surface area contributed by atoms with Crippen molar-refractivity contribution in [2.45, 2.75) is 52.5 Å². The molecule has 1 aromatic rings. The van der Waals surface area contributed by atoms with Crippen molar-refractivity contribution in [2.24, 2.45) is 0 Å². The zero-order valence-electron chi connectivity index (χ0n) is 11.7. The standard InChI is InChI=1S/C13H21N3O3/c1-4-6-10(7-5-2)15-11-8-9(3)14-13(17)12(11)16(18)19/h8,10H,4-7H2,1-3H3,(H2,14,15,17). The van der Waals surface area contributed by atoms with Crippen molar-refractivity contribution in [1.29, 1.82) is 0 Å². The SMILES string of the molecule is CCCC(CCC)Nc1cc(C)[nH]c(=O)c1[N+](=O)[O-]. The Morgan fingerprint density at radius 3 is 2.42 bits per heavy atom. The van der Waals surface area contributed by atoms with Gasteiger partial charge in [0.15, 0.2) is 0 Å². The fraction of sp³-hybridized carbons (Fsp3) is 0.615. The summed E-state index contributed by atoms with van der Waals surface area (Å²) in [5.41, 5.74) is -0.120. The molecule has 106 valence electrons. The van der Waals surface area contributed by atoms with E-state index in [1.807, 2.05) is 0 Å². The van der Waals surface area contributed by atoms with Gasteiger partial charge >= 0.3 is 11.2 Å². The van der Waals surface area contributed by atoms with Crippen LogP contribution in [0.15, 0.2) is 10.9 Å².